The molecule has 0 fully saturated rings. The van der Waals surface area contributed by atoms with E-state index in [4.69, 9.17) is 14.2 Å². The van der Waals surface area contributed by atoms with E-state index in [-0.39, 0.29) is 5.70 Å². The predicted molar refractivity (Wildman–Crippen MR) is 120 cm³/mol. The molecular weight excluding hydrogens is 390 g/mol. The van der Waals surface area contributed by atoms with Crippen molar-refractivity contribution in [2.75, 3.05) is 13.2 Å². The summed E-state index contributed by atoms with van der Waals surface area (Å²) in [5, 5.41) is 0. The van der Waals surface area contributed by atoms with Crippen molar-refractivity contribution in [3.05, 3.63) is 101 Å². The Bertz CT molecular complexity index is 1130. The molecule has 0 saturated carbocycles. The Kier molecular flexibility index (Phi) is 6.13. The molecule has 0 atom stereocenters. The molecule has 1 heterocycles. The van der Waals surface area contributed by atoms with Crippen molar-refractivity contribution in [1.82, 2.24) is 0 Å². The van der Waals surface area contributed by atoms with Crippen molar-refractivity contribution in [3.8, 4) is 11.5 Å². The van der Waals surface area contributed by atoms with Gasteiger partial charge < -0.3 is 14.2 Å². The molecule has 31 heavy (non-hydrogen) atoms. The summed E-state index contributed by atoms with van der Waals surface area (Å²) in [5.74, 6) is 1.36. The van der Waals surface area contributed by atoms with Crippen molar-refractivity contribution in [1.29, 1.82) is 0 Å². The van der Waals surface area contributed by atoms with Crippen LogP contribution in [0.1, 0.15) is 22.3 Å². The summed E-state index contributed by atoms with van der Waals surface area (Å²) in [4.78, 5) is 16.6. The van der Waals surface area contributed by atoms with E-state index in [9.17, 15) is 4.79 Å². The molecule has 0 spiro atoms. The maximum atomic E-state index is 12.2. The van der Waals surface area contributed by atoms with Gasteiger partial charge in [0.2, 0.25) is 5.90 Å². The molecule has 0 aromatic heterocycles. The van der Waals surface area contributed by atoms with Crippen molar-refractivity contribution in [2.45, 2.75) is 13.8 Å². The van der Waals surface area contributed by atoms with E-state index >= 15 is 0 Å². The van der Waals surface area contributed by atoms with Crippen molar-refractivity contribution in [3.63, 3.8) is 0 Å². The van der Waals surface area contributed by atoms with Crippen LogP contribution in [-0.2, 0) is 9.53 Å². The molecule has 0 N–H and O–H groups in total. The van der Waals surface area contributed by atoms with Crippen LogP contribution >= 0.6 is 0 Å². The van der Waals surface area contributed by atoms with Crippen molar-refractivity contribution in [2.24, 2.45) is 4.99 Å². The minimum absolute atomic E-state index is 0.260. The predicted octanol–water partition coefficient (Wildman–Crippen LogP) is 5.11. The molecular formula is C26H23NO4. The Morgan fingerprint density at radius 3 is 2.19 bits per heavy atom. The summed E-state index contributed by atoms with van der Waals surface area (Å²) in [6, 6.07) is 23.0. The summed E-state index contributed by atoms with van der Waals surface area (Å²) in [5.41, 5.74) is 4.16. The molecule has 4 rings (SSSR count). The van der Waals surface area contributed by atoms with Gasteiger partial charge in [0.25, 0.3) is 0 Å². The fraction of sp³-hybridized carbons (Fsp3) is 0.154. The zero-order valence-electron chi connectivity index (χ0n) is 17.5. The lowest BCUT2D eigenvalue weighted by molar-refractivity contribution is -0.129. The Morgan fingerprint density at radius 2 is 1.48 bits per heavy atom. The second kappa shape index (κ2) is 9.30. The lowest BCUT2D eigenvalue weighted by Crippen LogP contribution is -2.09. The molecule has 0 saturated heterocycles. The third-order valence-corrected chi connectivity index (χ3v) is 4.72. The molecule has 0 radical (unpaired) electrons. The van der Waals surface area contributed by atoms with Gasteiger partial charge in [-0.15, -0.1) is 0 Å². The molecule has 156 valence electrons. The highest BCUT2D eigenvalue weighted by Crippen LogP contribution is 2.21. The van der Waals surface area contributed by atoms with Gasteiger partial charge in [-0.2, -0.15) is 0 Å². The molecule has 3 aromatic carbocycles. The fourth-order valence-corrected chi connectivity index (χ4v) is 3.03. The lowest BCUT2D eigenvalue weighted by atomic mass is 10.1. The molecule has 0 unspecified atom stereocenters. The number of rotatable bonds is 7. The van der Waals surface area contributed by atoms with Crippen LogP contribution in [-0.4, -0.2) is 25.1 Å². The van der Waals surface area contributed by atoms with E-state index in [1.807, 2.05) is 86.6 Å². The second-order valence-corrected chi connectivity index (χ2v) is 7.28. The highest BCUT2D eigenvalue weighted by molar-refractivity contribution is 6.12. The zero-order valence-corrected chi connectivity index (χ0v) is 17.5. The minimum atomic E-state index is -0.464. The van der Waals surface area contributed by atoms with E-state index < -0.39 is 5.97 Å². The normalized spacial score (nSPS) is 14.3. The molecule has 5 heteroatoms. The summed E-state index contributed by atoms with van der Waals surface area (Å²) >= 11 is 0. The number of benzene rings is 3. The molecule has 1 aliphatic heterocycles. The first-order valence-electron chi connectivity index (χ1n) is 10.1. The van der Waals surface area contributed by atoms with Gasteiger partial charge in [-0.1, -0.05) is 47.5 Å². The number of aryl methyl sites for hydroxylation is 2. The maximum Gasteiger partial charge on any atom is 0.363 e. The van der Waals surface area contributed by atoms with Gasteiger partial charge in [0.15, 0.2) is 5.70 Å². The van der Waals surface area contributed by atoms with Gasteiger partial charge in [-0.05, 0) is 61.9 Å². The molecule has 1 aliphatic rings. The quantitative estimate of drug-likeness (QED) is 0.307. The van der Waals surface area contributed by atoms with Crippen LogP contribution in [0.25, 0.3) is 6.08 Å². The third-order valence-electron chi connectivity index (χ3n) is 4.72. The Labute approximate surface area is 181 Å². The van der Waals surface area contributed by atoms with Crippen LogP contribution in [0, 0.1) is 13.8 Å². The minimum Gasteiger partial charge on any atom is -0.490 e. The van der Waals surface area contributed by atoms with Crippen LogP contribution in [0.2, 0.25) is 0 Å². The first-order chi connectivity index (χ1) is 15.1. The van der Waals surface area contributed by atoms with E-state index in [2.05, 4.69) is 4.99 Å². The van der Waals surface area contributed by atoms with Gasteiger partial charge in [-0.25, -0.2) is 9.79 Å². The number of aliphatic imine (C=N–C) groups is 1. The number of hydrogen-bond acceptors (Lipinski definition) is 5. The lowest BCUT2D eigenvalue weighted by Gasteiger charge is -2.09. The van der Waals surface area contributed by atoms with Gasteiger partial charge >= 0.3 is 5.97 Å². The largest absolute Gasteiger partial charge is 0.490 e. The molecule has 0 aliphatic carbocycles. The van der Waals surface area contributed by atoms with Gasteiger partial charge in [0.1, 0.15) is 24.7 Å². The number of carbonyl (C=O) groups is 1. The summed E-state index contributed by atoms with van der Waals surface area (Å²) < 4.78 is 16.8. The van der Waals surface area contributed by atoms with E-state index in [1.54, 1.807) is 6.08 Å². The second-order valence-electron chi connectivity index (χ2n) is 7.28. The fourth-order valence-electron chi connectivity index (χ4n) is 3.03. The Balaban J connectivity index is 1.38. The van der Waals surface area contributed by atoms with Crippen LogP contribution < -0.4 is 9.47 Å². The summed E-state index contributed by atoms with van der Waals surface area (Å²) in [7, 11) is 0. The number of cyclic esters (lactones) is 1. The monoisotopic (exact) mass is 413 g/mol. The van der Waals surface area contributed by atoms with Crippen LogP contribution in [0.5, 0.6) is 11.5 Å². The molecule has 0 amide bonds. The maximum absolute atomic E-state index is 12.2. The SMILES string of the molecule is Cc1ccc(OCCOc2cccc(/C=C3/N=C(c4ccc(C)cc4)OC3=O)c2)cc1. The Hall–Kier alpha value is -3.86. The first kappa shape index (κ1) is 20.4. The van der Waals surface area contributed by atoms with E-state index in [1.165, 1.54) is 5.56 Å². The molecule has 5 nitrogen and oxygen atoms in total. The smallest absolute Gasteiger partial charge is 0.363 e. The van der Waals surface area contributed by atoms with E-state index in [0.717, 1.165) is 22.4 Å². The Morgan fingerprint density at radius 1 is 0.839 bits per heavy atom. The van der Waals surface area contributed by atoms with Crippen LogP contribution in [0.15, 0.2) is 83.5 Å². The van der Waals surface area contributed by atoms with Crippen LogP contribution in [0.3, 0.4) is 0 Å². The van der Waals surface area contributed by atoms with Gasteiger partial charge in [0, 0.05) is 5.56 Å². The van der Waals surface area contributed by atoms with Gasteiger partial charge in [0.05, 0.1) is 0 Å². The summed E-state index contributed by atoms with van der Waals surface area (Å²) in [6.45, 7) is 4.88. The van der Waals surface area contributed by atoms with Crippen molar-refractivity contribution >= 4 is 17.9 Å². The standard InChI is InChI=1S/C26H23NO4/c1-18-6-10-21(11-7-18)25-27-24(26(28)31-25)17-20-4-3-5-23(16-20)30-15-14-29-22-12-8-19(2)9-13-22/h3-13,16-17H,14-15H2,1-2H3/b24-17+. The summed E-state index contributed by atoms with van der Waals surface area (Å²) in [6.07, 6.45) is 1.69. The molecule has 3 aromatic rings. The topological polar surface area (TPSA) is 57.1 Å². The average molecular weight is 413 g/mol. The highest BCUT2D eigenvalue weighted by atomic mass is 16.6. The van der Waals surface area contributed by atoms with Gasteiger partial charge in [-0.3, -0.25) is 0 Å². The van der Waals surface area contributed by atoms with Crippen LogP contribution in [0.4, 0.5) is 0 Å². The zero-order chi connectivity index (χ0) is 21.6. The molecule has 0 bridgehead atoms. The number of carbonyl (C=O) groups excluding carboxylic acids is 1. The highest BCUT2D eigenvalue weighted by Gasteiger charge is 2.24. The van der Waals surface area contributed by atoms with E-state index in [0.29, 0.717) is 24.9 Å². The first-order valence-corrected chi connectivity index (χ1v) is 10.1. The number of nitrogens with zero attached hydrogens (tertiary/aromatic N) is 1. The third kappa shape index (κ3) is 5.39. The number of hydrogen-bond donors (Lipinski definition) is 0. The number of ether oxygens (including phenoxy) is 3. The van der Waals surface area contributed by atoms with Crippen molar-refractivity contribution < 1.29 is 19.0 Å². The number of esters is 1. The average Bonchev–Trinajstić information content (AvgIpc) is 3.13.